The van der Waals surface area contributed by atoms with Gasteiger partial charge in [0.15, 0.2) is 17.4 Å². The molecule has 0 radical (unpaired) electrons. The molecule has 3 amide bonds. The van der Waals surface area contributed by atoms with Crippen molar-refractivity contribution in [2.75, 3.05) is 75.2 Å². The van der Waals surface area contributed by atoms with E-state index in [1.165, 1.54) is 22.2 Å². The Bertz CT molecular complexity index is 2540. The van der Waals surface area contributed by atoms with Crippen molar-refractivity contribution in [1.82, 2.24) is 30.0 Å². The summed E-state index contributed by atoms with van der Waals surface area (Å²) in [6.45, 7) is 11.7. The Morgan fingerprint density at radius 1 is 0.908 bits per heavy atom. The number of ether oxygens (including phenoxy) is 2. The van der Waals surface area contributed by atoms with Gasteiger partial charge in [-0.1, -0.05) is 30.7 Å². The number of halogens is 2. The molecular formula is C47H56ClFN9O6P. The highest BCUT2D eigenvalue weighted by atomic mass is 35.5. The zero-order valence-electron chi connectivity index (χ0n) is 37.2. The van der Waals surface area contributed by atoms with Crippen LogP contribution in [-0.2, 0) is 27.1 Å². The molecule has 9 rings (SSSR count). The number of hydrogen-bond acceptors (Lipinski definition) is 13. The Hall–Kier alpha value is -5.28. The van der Waals surface area contributed by atoms with Crippen LogP contribution in [0.4, 0.5) is 33.2 Å². The molecule has 344 valence electrons. The summed E-state index contributed by atoms with van der Waals surface area (Å²) in [6, 6.07) is 14.7. The molecule has 65 heavy (non-hydrogen) atoms. The molecule has 0 bridgehead atoms. The van der Waals surface area contributed by atoms with E-state index in [1.807, 2.05) is 24.3 Å². The first-order chi connectivity index (χ1) is 31.3. The number of rotatable bonds is 13. The highest BCUT2D eigenvalue weighted by Gasteiger charge is 2.41. The van der Waals surface area contributed by atoms with Crippen LogP contribution in [0.25, 0.3) is 0 Å². The normalized spacial score (nSPS) is 22.1. The molecule has 3 saturated heterocycles. The minimum Gasteiger partial charge on any atom is -0.494 e. The summed E-state index contributed by atoms with van der Waals surface area (Å²) >= 11 is 6.53. The molecular weight excluding hydrogens is 872 g/mol. The van der Waals surface area contributed by atoms with Gasteiger partial charge in [-0.25, -0.2) is 9.37 Å². The number of para-hydroxylation sites is 1. The van der Waals surface area contributed by atoms with Gasteiger partial charge in [-0.3, -0.25) is 29.5 Å². The SMILES string of the molecule is CCc1cc(Nc2ncc(Cl)c(Nc3ccccc3P(C)(C)=O)n2)c(OC)cc1N1CCC(N2CCN(C3CC(Oc4cc5c(cc4F)C(=O)N(C4CCC(=O)NC4=O)C5)C3)CC2)CC1. The number of methoxy groups -OCH3 is 1. The summed E-state index contributed by atoms with van der Waals surface area (Å²) in [4.78, 5) is 55.4. The van der Waals surface area contributed by atoms with Gasteiger partial charge in [-0.2, -0.15) is 4.98 Å². The van der Waals surface area contributed by atoms with Crippen LogP contribution in [0.5, 0.6) is 11.5 Å². The lowest BCUT2D eigenvalue weighted by Crippen LogP contribution is -2.58. The van der Waals surface area contributed by atoms with Gasteiger partial charge in [0.05, 0.1) is 24.7 Å². The Kier molecular flexibility index (Phi) is 12.8. The number of aryl methyl sites for hydroxylation is 1. The van der Waals surface area contributed by atoms with Crippen molar-refractivity contribution >= 4 is 70.6 Å². The second-order valence-corrected chi connectivity index (χ2v) is 21.6. The predicted molar refractivity (Wildman–Crippen MR) is 250 cm³/mol. The standard InChI is InChI=1S/C47H56ClFN9O6P/c1-5-28-20-37(52-47-50-26-34(48)44(54-47)51-36-8-6-7-9-42(36)65(3,4)62)41(63-2)25-39(28)57-14-12-30(13-15-57)55-16-18-56(19-17-55)31-22-32(23-31)64-40-21-29-27-58(46(61)33(29)24-35(40)49)38-10-11-43(59)53-45(38)60/h6-9,20-21,24-26,30-32,38H,5,10-19,22-23,27H2,1-4H3,(H,53,59,60)(H2,50,51,52,54). The Morgan fingerprint density at radius 2 is 1.63 bits per heavy atom. The van der Waals surface area contributed by atoms with Gasteiger partial charge in [-0.05, 0) is 80.5 Å². The second kappa shape index (κ2) is 18.5. The van der Waals surface area contributed by atoms with E-state index in [9.17, 15) is 18.9 Å². The number of piperazine rings is 1. The lowest BCUT2D eigenvalue weighted by atomic mass is 9.87. The lowest BCUT2D eigenvalue weighted by Gasteiger charge is -2.48. The number of nitrogens with zero attached hydrogens (tertiary/aromatic N) is 6. The van der Waals surface area contributed by atoms with Crippen molar-refractivity contribution < 1.29 is 32.8 Å². The minimum absolute atomic E-state index is 0.107. The fourth-order valence-corrected chi connectivity index (χ4v) is 11.3. The first-order valence-corrected chi connectivity index (χ1v) is 25.5. The number of imide groups is 1. The van der Waals surface area contributed by atoms with Crippen molar-refractivity contribution in [1.29, 1.82) is 0 Å². The van der Waals surface area contributed by atoms with Crippen molar-refractivity contribution in [3.05, 3.63) is 82.3 Å². The van der Waals surface area contributed by atoms with Gasteiger partial charge in [0.2, 0.25) is 17.8 Å². The van der Waals surface area contributed by atoms with Crippen molar-refractivity contribution in [3.63, 3.8) is 0 Å². The van der Waals surface area contributed by atoms with E-state index in [2.05, 4.69) is 59.7 Å². The molecule has 1 saturated carbocycles. The molecule has 3 N–H and O–H groups in total. The Labute approximate surface area is 383 Å². The quantitative estimate of drug-likeness (QED) is 0.0982. The highest BCUT2D eigenvalue weighted by Crippen LogP contribution is 2.41. The minimum atomic E-state index is -2.57. The maximum Gasteiger partial charge on any atom is 0.255 e. The molecule has 1 aromatic heterocycles. The largest absolute Gasteiger partial charge is 0.494 e. The molecule has 1 unspecified atom stereocenters. The molecule has 4 aliphatic heterocycles. The highest BCUT2D eigenvalue weighted by molar-refractivity contribution is 7.70. The number of carbonyl (C=O) groups excluding carboxylic acids is 3. The fourth-order valence-electron chi connectivity index (χ4n) is 9.98. The number of carbonyl (C=O) groups is 3. The van der Waals surface area contributed by atoms with Crippen LogP contribution in [0.2, 0.25) is 5.02 Å². The summed E-state index contributed by atoms with van der Waals surface area (Å²) < 4.78 is 40.3. The predicted octanol–water partition coefficient (Wildman–Crippen LogP) is 6.53. The Morgan fingerprint density at radius 3 is 2.32 bits per heavy atom. The van der Waals surface area contributed by atoms with Crippen LogP contribution in [0.15, 0.2) is 54.7 Å². The summed E-state index contributed by atoms with van der Waals surface area (Å²) in [7, 11) is -0.901. The second-order valence-electron chi connectivity index (χ2n) is 18.0. The average molecular weight is 928 g/mol. The van der Waals surface area contributed by atoms with E-state index in [4.69, 9.17) is 21.1 Å². The van der Waals surface area contributed by atoms with E-state index in [0.29, 0.717) is 51.2 Å². The molecule has 4 fully saturated rings. The summed E-state index contributed by atoms with van der Waals surface area (Å²) in [5, 5.41) is 9.97. The lowest BCUT2D eigenvalue weighted by molar-refractivity contribution is -0.136. The van der Waals surface area contributed by atoms with E-state index in [-0.39, 0.29) is 42.7 Å². The van der Waals surface area contributed by atoms with Crippen LogP contribution < -0.4 is 35.6 Å². The van der Waals surface area contributed by atoms with Gasteiger partial charge in [0.1, 0.15) is 30.1 Å². The number of fused-ring (bicyclic) bond motifs is 1. The average Bonchev–Trinajstić information content (AvgIpc) is 3.59. The molecule has 1 atom stereocenters. The summed E-state index contributed by atoms with van der Waals surface area (Å²) in [6.07, 6.45) is 6.45. The van der Waals surface area contributed by atoms with Gasteiger partial charge in [0, 0.05) is 99.8 Å². The molecule has 3 aromatic carbocycles. The molecule has 4 aromatic rings. The number of hydrogen-bond donors (Lipinski definition) is 3. The number of benzene rings is 3. The molecule has 0 spiro atoms. The van der Waals surface area contributed by atoms with Gasteiger partial charge in [-0.15, -0.1) is 0 Å². The molecule has 18 heteroatoms. The Balaban J connectivity index is 0.755. The molecule has 5 heterocycles. The number of amides is 3. The van der Waals surface area contributed by atoms with Crippen LogP contribution in [0.1, 0.15) is 66.9 Å². The third-order valence-electron chi connectivity index (χ3n) is 13.6. The van der Waals surface area contributed by atoms with Gasteiger partial charge >= 0.3 is 0 Å². The van der Waals surface area contributed by atoms with E-state index in [1.54, 1.807) is 32.7 Å². The number of aromatic nitrogens is 2. The monoisotopic (exact) mass is 927 g/mol. The molecule has 1 aliphatic carbocycles. The first kappa shape index (κ1) is 44.9. The van der Waals surface area contributed by atoms with Crippen molar-refractivity contribution in [3.8, 4) is 11.5 Å². The fraction of sp³-hybridized carbons (Fsp3) is 0.468. The topological polar surface area (TPSA) is 162 Å². The zero-order chi connectivity index (χ0) is 45.6. The van der Waals surface area contributed by atoms with Crippen LogP contribution >= 0.6 is 18.7 Å². The number of piperidine rings is 2. The van der Waals surface area contributed by atoms with Crippen LogP contribution in [0, 0.1) is 5.82 Å². The molecule has 5 aliphatic rings. The van der Waals surface area contributed by atoms with E-state index >= 15 is 4.39 Å². The third-order valence-corrected chi connectivity index (χ3v) is 15.5. The van der Waals surface area contributed by atoms with Crippen molar-refractivity contribution in [2.24, 2.45) is 0 Å². The van der Waals surface area contributed by atoms with Crippen molar-refractivity contribution in [2.45, 2.75) is 82.6 Å². The summed E-state index contributed by atoms with van der Waals surface area (Å²) in [5.41, 5.74) is 4.66. The maximum atomic E-state index is 15.2. The third kappa shape index (κ3) is 9.41. The van der Waals surface area contributed by atoms with Gasteiger partial charge < -0.3 is 34.5 Å². The first-order valence-electron chi connectivity index (χ1n) is 22.5. The summed E-state index contributed by atoms with van der Waals surface area (Å²) in [5.74, 6) is -0.253. The molecule has 15 nitrogen and oxygen atoms in total. The van der Waals surface area contributed by atoms with E-state index in [0.717, 1.165) is 77.1 Å². The maximum absolute atomic E-state index is 15.2. The van der Waals surface area contributed by atoms with Crippen LogP contribution in [-0.4, -0.2) is 126 Å². The number of nitrogens with one attached hydrogen (secondary N) is 3. The number of anilines is 5. The van der Waals surface area contributed by atoms with E-state index < -0.39 is 30.8 Å². The zero-order valence-corrected chi connectivity index (χ0v) is 38.9. The van der Waals surface area contributed by atoms with Crippen LogP contribution in [0.3, 0.4) is 0 Å². The van der Waals surface area contributed by atoms with Gasteiger partial charge in [0.25, 0.3) is 5.91 Å². The smallest absolute Gasteiger partial charge is 0.255 e.